The molecule has 1 fully saturated rings. The first-order chi connectivity index (χ1) is 26.9. The zero-order chi connectivity index (χ0) is 39.8. The van der Waals surface area contributed by atoms with Gasteiger partial charge >= 0.3 is 6.18 Å². The van der Waals surface area contributed by atoms with Gasteiger partial charge in [-0.15, -0.1) is 0 Å². The molecule has 0 saturated carbocycles. The van der Waals surface area contributed by atoms with Gasteiger partial charge in [0.1, 0.15) is 36.5 Å². The molecule has 294 valence electrons. The maximum Gasteiger partial charge on any atom is 0.417 e. The molecule has 56 heavy (non-hydrogen) atoms. The molecular weight excluding hydrogens is 802 g/mol. The molecule has 4 aromatic rings. The molecule has 0 spiro atoms. The average Bonchev–Trinajstić information content (AvgIpc) is 3.42. The molecule has 6 rings (SSSR count). The second-order valence-corrected chi connectivity index (χ2v) is 13.8. The number of benzene rings is 4. The van der Waals surface area contributed by atoms with Crippen molar-refractivity contribution in [3.63, 3.8) is 0 Å². The Morgan fingerprint density at radius 2 is 1.48 bits per heavy atom. The van der Waals surface area contributed by atoms with Crippen molar-refractivity contribution in [1.82, 2.24) is 10.2 Å². The molecule has 1 saturated heterocycles. The van der Waals surface area contributed by atoms with Crippen molar-refractivity contribution >= 4 is 64.5 Å². The monoisotopic (exact) mass is 833 g/mol. The molecule has 4 amide bonds. The van der Waals surface area contributed by atoms with Gasteiger partial charge in [0.2, 0.25) is 11.8 Å². The maximum atomic E-state index is 13.3. The van der Waals surface area contributed by atoms with Crippen molar-refractivity contribution < 1.29 is 56.0 Å². The molecule has 2 aliphatic heterocycles. The van der Waals surface area contributed by atoms with E-state index in [1.807, 2.05) is 0 Å². The van der Waals surface area contributed by atoms with Crippen molar-refractivity contribution in [2.45, 2.75) is 30.0 Å². The Bertz CT molecular complexity index is 2110. The predicted octanol–water partition coefficient (Wildman–Crippen LogP) is 7.82. The van der Waals surface area contributed by atoms with E-state index in [0.717, 1.165) is 22.9 Å². The van der Waals surface area contributed by atoms with Crippen molar-refractivity contribution in [3.8, 4) is 23.0 Å². The topological polar surface area (TPSA) is 142 Å². The molecule has 0 bridgehead atoms. The van der Waals surface area contributed by atoms with Gasteiger partial charge in [-0.1, -0.05) is 29.3 Å². The first-order valence-electron chi connectivity index (χ1n) is 17.0. The summed E-state index contributed by atoms with van der Waals surface area (Å²) in [6, 6.07) is 18.8. The zero-order valence-electron chi connectivity index (χ0n) is 29.2. The number of imide groups is 2. The quantitative estimate of drug-likeness (QED) is 0.0611. The second-order valence-electron chi connectivity index (χ2n) is 12.1. The van der Waals surface area contributed by atoms with Crippen LogP contribution in [0.5, 0.6) is 23.0 Å². The smallest absolute Gasteiger partial charge is 0.417 e. The SMILES string of the molecule is O=C1CCC(N2C(=O)c3cccc(OCCOCCOCCOc4ccc(Oc5ccc(Cl)cc5NSc5ccc(Cl)c(C(F)(F)F)c5)cc4)c3C2=O)C(=O)N1. The lowest BCUT2D eigenvalue weighted by atomic mass is 10.0. The largest absolute Gasteiger partial charge is 0.491 e. The third kappa shape index (κ3) is 10.0. The van der Waals surface area contributed by atoms with Crippen LogP contribution in [-0.2, 0) is 25.2 Å². The molecule has 2 N–H and O–H groups in total. The molecule has 18 heteroatoms. The Labute approximate surface area is 332 Å². The molecule has 1 atom stereocenters. The Balaban J connectivity index is 0.878. The van der Waals surface area contributed by atoms with Crippen LogP contribution >= 0.6 is 35.1 Å². The van der Waals surface area contributed by atoms with Crippen molar-refractivity contribution in [3.05, 3.63) is 106 Å². The molecular formula is C38H32Cl2F3N3O9S. The van der Waals surface area contributed by atoms with Crippen LogP contribution in [0.25, 0.3) is 0 Å². The van der Waals surface area contributed by atoms with Gasteiger partial charge in [-0.2, -0.15) is 13.2 Å². The first-order valence-corrected chi connectivity index (χ1v) is 18.6. The predicted molar refractivity (Wildman–Crippen MR) is 200 cm³/mol. The summed E-state index contributed by atoms with van der Waals surface area (Å²) in [5, 5.41) is 2.17. The number of hydrogen-bond donors (Lipinski definition) is 2. The number of fused-ring (bicyclic) bond motifs is 1. The van der Waals surface area contributed by atoms with E-state index in [4.69, 9.17) is 46.9 Å². The lowest BCUT2D eigenvalue weighted by molar-refractivity contribution is -0.138. The minimum absolute atomic E-state index is 0.0262. The molecule has 2 heterocycles. The lowest BCUT2D eigenvalue weighted by Crippen LogP contribution is -2.54. The van der Waals surface area contributed by atoms with E-state index >= 15 is 0 Å². The number of nitrogens with zero attached hydrogens (tertiary/aromatic N) is 1. The van der Waals surface area contributed by atoms with E-state index < -0.39 is 46.4 Å². The van der Waals surface area contributed by atoms with Gasteiger partial charge in [0.15, 0.2) is 5.75 Å². The Hall–Kier alpha value is -5.00. The minimum Gasteiger partial charge on any atom is -0.491 e. The summed E-state index contributed by atoms with van der Waals surface area (Å²) in [5.74, 6) is -0.789. The number of ether oxygens (including phenoxy) is 5. The van der Waals surface area contributed by atoms with E-state index in [1.54, 1.807) is 54.6 Å². The average molecular weight is 835 g/mol. The highest BCUT2D eigenvalue weighted by molar-refractivity contribution is 8.00. The number of anilines is 1. The van der Waals surface area contributed by atoms with E-state index in [0.29, 0.717) is 28.0 Å². The number of halogens is 5. The highest BCUT2D eigenvalue weighted by Crippen LogP contribution is 2.39. The Morgan fingerprint density at radius 1 is 0.786 bits per heavy atom. The summed E-state index contributed by atoms with van der Waals surface area (Å²) in [6.07, 6.45) is -4.51. The van der Waals surface area contributed by atoms with E-state index in [9.17, 15) is 32.3 Å². The molecule has 0 aromatic heterocycles. The Kier molecular flexibility index (Phi) is 13.3. The number of hydrogen-bond acceptors (Lipinski definition) is 11. The number of amides is 4. The first kappa shape index (κ1) is 40.7. The van der Waals surface area contributed by atoms with Gasteiger partial charge in [0.05, 0.1) is 53.8 Å². The summed E-state index contributed by atoms with van der Waals surface area (Å²) < 4.78 is 71.4. The fourth-order valence-corrected chi connectivity index (χ4v) is 6.75. The Morgan fingerprint density at radius 3 is 2.20 bits per heavy atom. The molecule has 12 nitrogen and oxygen atoms in total. The third-order valence-electron chi connectivity index (χ3n) is 8.30. The van der Waals surface area contributed by atoms with E-state index in [-0.39, 0.29) is 74.3 Å². The maximum absolute atomic E-state index is 13.3. The van der Waals surface area contributed by atoms with Crippen LogP contribution in [0.1, 0.15) is 39.1 Å². The third-order valence-corrected chi connectivity index (χ3v) is 9.68. The van der Waals surface area contributed by atoms with Crippen molar-refractivity contribution in [1.29, 1.82) is 0 Å². The fraction of sp³-hybridized carbons (Fsp3) is 0.263. The minimum atomic E-state index is -4.59. The van der Waals surface area contributed by atoms with Gasteiger partial charge in [0, 0.05) is 16.3 Å². The zero-order valence-corrected chi connectivity index (χ0v) is 31.5. The van der Waals surface area contributed by atoms with Crippen LogP contribution in [-0.4, -0.2) is 74.2 Å². The van der Waals surface area contributed by atoms with E-state index in [2.05, 4.69) is 10.0 Å². The van der Waals surface area contributed by atoms with Crippen molar-refractivity contribution in [2.75, 3.05) is 44.4 Å². The van der Waals surface area contributed by atoms with Crippen LogP contribution in [0, 0.1) is 0 Å². The second kappa shape index (κ2) is 18.3. The van der Waals surface area contributed by atoms with Gasteiger partial charge in [-0.05, 0) is 91.2 Å². The molecule has 0 aliphatic carbocycles. The van der Waals surface area contributed by atoms with Crippen molar-refractivity contribution in [2.24, 2.45) is 0 Å². The molecule has 2 aliphatic rings. The van der Waals surface area contributed by atoms with Gasteiger partial charge in [-0.25, -0.2) is 0 Å². The van der Waals surface area contributed by atoms with Crippen LogP contribution in [0.2, 0.25) is 10.0 Å². The summed E-state index contributed by atoms with van der Waals surface area (Å²) in [6.45, 7) is 1.34. The number of nitrogens with one attached hydrogen (secondary N) is 2. The van der Waals surface area contributed by atoms with Crippen LogP contribution in [0.15, 0.2) is 83.8 Å². The normalized spacial score (nSPS) is 15.4. The number of piperidine rings is 1. The number of carbonyl (C=O) groups is 4. The summed E-state index contributed by atoms with van der Waals surface area (Å²) in [5.41, 5.74) is -0.305. The molecule has 4 aromatic carbocycles. The number of alkyl halides is 3. The lowest BCUT2D eigenvalue weighted by Gasteiger charge is -2.27. The number of carbonyl (C=O) groups excluding carboxylic acids is 4. The molecule has 0 radical (unpaired) electrons. The fourth-order valence-electron chi connectivity index (χ4n) is 5.66. The summed E-state index contributed by atoms with van der Waals surface area (Å²) >= 11 is 12.8. The van der Waals surface area contributed by atoms with Crippen LogP contribution in [0.4, 0.5) is 18.9 Å². The van der Waals surface area contributed by atoms with Gasteiger partial charge in [-0.3, -0.25) is 29.4 Å². The van der Waals surface area contributed by atoms with Gasteiger partial charge < -0.3 is 28.4 Å². The van der Waals surface area contributed by atoms with Crippen LogP contribution < -0.4 is 24.2 Å². The molecule has 1 unspecified atom stereocenters. The highest BCUT2D eigenvalue weighted by atomic mass is 35.5. The van der Waals surface area contributed by atoms with Gasteiger partial charge in [0.25, 0.3) is 11.8 Å². The summed E-state index contributed by atoms with van der Waals surface area (Å²) in [4.78, 5) is 51.1. The van der Waals surface area contributed by atoms with Crippen LogP contribution in [0.3, 0.4) is 0 Å². The number of rotatable bonds is 17. The summed E-state index contributed by atoms with van der Waals surface area (Å²) in [7, 11) is 0. The standard InChI is InChI=1S/C38H32Cl2F3N3O9S/c39-22-4-12-31(29(20-22)45-56-25-9-10-28(40)27(21-25)38(41,42)43)55-24-7-5-23(6-8-24)53-18-16-51-14-15-52-17-19-54-32-3-1-2-26-34(32)37(50)46(36(26)49)30-11-13-33(47)44-35(30)48/h1-10,12,20-21,30,45H,11,13-19H2,(H,44,47,48). The highest BCUT2D eigenvalue weighted by Gasteiger charge is 2.46. The van der Waals surface area contributed by atoms with E-state index in [1.165, 1.54) is 18.2 Å².